The Morgan fingerprint density at radius 1 is 1.53 bits per heavy atom. The Balaban J connectivity index is 2.36. The van der Waals surface area contributed by atoms with Gasteiger partial charge in [-0.25, -0.2) is 0 Å². The molecular weight excluding hydrogens is 244 g/mol. The van der Waals surface area contributed by atoms with Gasteiger partial charge in [0.15, 0.2) is 6.61 Å². The van der Waals surface area contributed by atoms with E-state index in [0.717, 1.165) is 5.69 Å². The van der Waals surface area contributed by atoms with Crippen LogP contribution in [-0.2, 0) is 11.3 Å². The Morgan fingerprint density at radius 2 is 2.32 bits per heavy atom. The van der Waals surface area contributed by atoms with Crippen LogP contribution in [0.1, 0.15) is 19.5 Å². The topological polar surface area (TPSA) is 87.0 Å². The third kappa shape index (κ3) is 6.38. The molecule has 102 valence electrons. The lowest BCUT2D eigenvalue weighted by molar-refractivity contribution is -0.122. The van der Waals surface area contributed by atoms with Gasteiger partial charge in [0.25, 0.3) is 5.91 Å². The van der Waals surface area contributed by atoms with Crippen molar-refractivity contribution in [2.24, 2.45) is 0 Å². The standard InChI is InChI=1S/C13H18N4O2/c1-10(2)16-7-11-3-4-12(8-17-11)19-9-13(18)15-6-5-14/h3-4,8,10,16H,6-7,9H2,1-2H3,(H,15,18). The zero-order valence-electron chi connectivity index (χ0n) is 11.1. The van der Waals surface area contributed by atoms with Gasteiger partial charge in [0.2, 0.25) is 0 Å². The van der Waals surface area contributed by atoms with E-state index in [1.165, 1.54) is 0 Å². The van der Waals surface area contributed by atoms with Crippen LogP contribution in [0.3, 0.4) is 0 Å². The summed E-state index contributed by atoms with van der Waals surface area (Å²) < 4.78 is 5.24. The molecule has 0 aliphatic heterocycles. The van der Waals surface area contributed by atoms with Crippen LogP contribution >= 0.6 is 0 Å². The molecule has 6 heteroatoms. The number of rotatable bonds is 7. The number of hydrogen-bond donors (Lipinski definition) is 2. The molecule has 6 nitrogen and oxygen atoms in total. The van der Waals surface area contributed by atoms with Crippen molar-refractivity contribution in [1.82, 2.24) is 15.6 Å². The zero-order valence-corrected chi connectivity index (χ0v) is 11.1. The maximum atomic E-state index is 11.2. The Kier molecular flexibility index (Phi) is 6.33. The van der Waals surface area contributed by atoms with Crippen molar-refractivity contribution in [1.29, 1.82) is 5.26 Å². The molecule has 2 N–H and O–H groups in total. The largest absolute Gasteiger partial charge is 0.482 e. The fourth-order valence-corrected chi connectivity index (χ4v) is 1.25. The Labute approximate surface area is 112 Å². The zero-order chi connectivity index (χ0) is 14.1. The van der Waals surface area contributed by atoms with Gasteiger partial charge in [-0.3, -0.25) is 9.78 Å². The predicted molar refractivity (Wildman–Crippen MR) is 70.3 cm³/mol. The number of aromatic nitrogens is 1. The molecule has 1 heterocycles. The minimum Gasteiger partial charge on any atom is -0.482 e. The van der Waals surface area contributed by atoms with Gasteiger partial charge >= 0.3 is 0 Å². The minimum absolute atomic E-state index is 0.0136. The monoisotopic (exact) mass is 262 g/mol. The first-order valence-electron chi connectivity index (χ1n) is 6.06. The van der Waals surface area contributed by atoms with Crippen LogP contribution in [0.4, 0.5) is 0 Å². The van der Waals surface area contributed by atoms with E-state index in [9.17, 15) is 4.79 Å². The van der Waals surface area contributed by atoms with Crippen LogP contribution in [0.15, 0.2) is 18.3 Å². The van der Waals surface area contributed by atoms with Gasteiger partial charge in [-0.2, -0.15) is 5.26 Å². The van der Waals surface area contributed by atoms with Crippen LogP contribution in [0.5, 0.6) is 5.75 Å². The molecule has 0 saturated heterocycles. The number of nitrogens with one attached hydrogen (secondary N) is 2. The lowest BCUT2D eigenvalue weighted by Crippen LogP contribution is -2.29. The molecule has 1 amide bonds. The molecule has 0 spiro atoms. The van der Waals surface area contributed by atoms with E-state index in [4.69, 9.17) is 10.00 Å². The Bertz CT molecular complexity index is 437. The maximum absolute atomic E-state index is 11.2. The predicted octanol–water partition coefficient (Wildman–Crippen LogP) is 0.598. The van der Waals surface area contributed by atoms with E-state index < -0.39 is 0 Å². The molecule has 19 heavy (non-hydrogen) atoms. The highest BCUT2D eigenvalue weighted by Gasteiger charge is 2.02. The number of ether oxygens (including phenoxy) is 1. The number of carbonyl (C=O) groups is 1. The molecular formula is C13H18N4O2. The van der Waals surface area contributed by atoms with Crippen LogP contribution < -0.4 is 15.4 Å². The van der Waals surface area contributed by atoms with E-state index in [0.29, 0.717) is 18.3 Å². The molecule has 0 aliphatic rings. The first kappa shape index (κ1) is 14.9. The summed E-state index contributed by atoms with van der Waals surface area (Å²) >= 11 is 0. The fraction of sp³-hybridized carbons (Fsp3) is 0.462. The summed E-state index contributed by atoms with van der Waals surface area (Å²) in [5.41, 5.74) is 0.912. The summed E-state index contributed by atoms with van der Waals surface area (Å²) in [5, 5.41) is 13.9. The molecule has 1 aromatic rings. The molecule has 1 aromatic heterocycles. The molecule has 0 fully saturated rings. The lowest BCUT2D eigenvalue weighted by atomic mass is 10.3. The minimum atomic E-state index is -0.327. The smallest absolute Gasteiger partial charge is 0.258 e. The van der Waals surface area contributed by atoms with Gasteiger partial charge in [-0.15, -0.1) is 0 Å². The average molecular weight is 262 g/mol. The molecule has 0 bridgehead atoms. The van der Waals surface area contributed by atoms with Crippen molar-refractivity contribution in [3.8, 4) is 11.8 Å². The molecule has 0 unspecified atom stereocenters. The Morgan fingerprint density at radius 3 is 2.89 bits per heavy atom. The summed E-state index contributed by atoms with van der Waals surface area (Å²) in [6.07, 6.45) is 1.58. The van der Waals surface area contributed by atoms with Crippen molar-refractivity contribution in [2.75, 3.05) is 13.2 Å². The van der Waals surface area contributed by atoms with E-state index >= 15 is 0 Å². The van der Waals surface area contributed by atoms with Gasteiger partial charge in [0.1, 0.15) is 12.3 Å². The van der Waals surface area contributed by atoms with E-state index in [2.05, 4.69) is 29.5 Å². The highest BCUT2D eigenvalue weighted by atomic mass is 16.5. The molecule has 0 aliphatic carbocycles. The van der Waals surface area contributed by atoms with Crippen molar-refractivity contribution in [3.05, 3.63) is 24.0 Å². The average Bonchev–Trinajstić information content (AvgIpc) is 2.41. The van der Waals surface area contributed by atoms with E-state index in [-0.39, 0.29) is 19.1 Å². The van der Waals surface area contributed by atoms with Crippen molar-refractivity contribution < 1.29 is 9.53 Å². The number of amides is 1. The molecule has 1 rings (SSSR count). The number of nitriles is 1. The first-order valence-corrected chi connectivity index (χ1v) is 6.06. The maximum Gasteiger partial charge on any atom is 0.258 e. The van der Waals surface area contributed by atoms with Crippen molar-refractivity contribution in [3.63, 3.8) is 0 Å². The van der Waals surface area contributed by atoms with E-state index in [1.807, 2.05) is 12.1 Å². The molecule has 0 aromatic carbocycles. The first-order chi connectivity index (χ1) is 9.11. The van der Waals surface area contributed by atoms with Gasteiger partial charge in [-0.1, -0.05) is 13.8 Å². The van der Waals surface area contributed by atoms with Crippen LogP contribution in [0.2, 0.25) is 0 Å². The third-order valence-corrected chi connectivity index (χ3v) is 2.22. The second-order valence-electron chi connectivity index (χ2n) is 4.24. The number of nitrogens with zero attached hydrogens (tertiary/aromatic N) is 2. The normalized spacial score (nSPS) is 10.0. The Hall–Kier alpha value is -2.13. The van der Waals surface area contributed by atoms with Crippen LogP contribution in [-0.4, -0.2) is 30.1 Å². The number of hydrogen-bond acceptors (Lipinski definition) is 5. The van der Waals surface area contributed by atoms with E-state index in [1.54, 1.807) is 12.3 Å². The van der Waals surface area contributed by atoms with Crippen LogP contribution in [0.25, 0.3) is 0 Å². The van der Waals surface area contributed by atoms with Crippen LogP contribution in [0, 0.1) is 11.3 Å². The SMILES string of the molecule is CC(C)NCc1ccc(OCC(=O)NCC#N)cn1. The summed E-state index contributed by atoms with van der Waals surface area (Å²) in [6.45, 7) is 4.70. The van der Waals surface area contributed by atoms with Gasteiger partial charge < -0.3 is 15.4 Å². The summed E-state index contributed by atoms with van der Waals surface area (Å²) in [4.78, 5) is 15.4. The van der Waals surface area contributed by atoms with Crippen molar-refractivity contribution >= 4 is 5.91 Å². The van der Waals surface area contributed by atoms with Gasteiger partial charge in [0, 0.05) is 12.6 Å². The highest BCUT2D eigenvalue weighted by Crippen LogP contribution is 2.08. The summed E-state index contributed by atoms with van der Waals surface area (Å²) in [6, 6.07) is 5.84. The summed E-state index contributed by atoms with van der Waals surface area (Å²) in [7, 11) is 0. The lowest BCUT2D eigenvalue weighted by Gasteiger charge is -2.08. The summed E-state index contributed by atoms with van der Waals surface area (Å²) in [5.74, 6) is 0.201. The van der Waals surface area contributed by atoms with Gasteiger partial charge in [0.05, 0.1) is 18.0 Å². The third-order valence-electron chi connectivity index (χ3n) is 2.22. The molecule has 0 radical (unpaired) electrons. The fourth-order valence-electron chi connectivity index (χ4n) is 1.25. The van der Waals surface area contributed by atoms with Crippen molar-refractivity contribution in [2.45, 2.75) is 26.4 Å². The molecule has 0 saturated carbocycles. The number of carbonyl (C=O) groups excluding carboxylic acids is 1. The van der Waals surface area contributed by atoms with Gasteiger partial charge in [-0.05, 0) is 12.1 Å². The highest BCUT2D eigenvalue weighted by molar-refractivity contribution is 5.77. The quantitative estimate of drug-likeness (QED) is 0.703. The second kappa shape index (κ2) is 8.06. The number of pyridine rings is 1. The second-order valence-corrected chi connectivity index (χ2v) is 4.24. The molecule has 0 atom stereocenters.